The average Bonchev–Trinajstić information content (AvgIpc) is 2.85. The second kappa shape index (κ2) is 10.1. The molecule has 3 aromatic rings. The first-order valence-electron chi connectivity index (χ1n) is 10.9. The number of aromatic nitrogens is 3. The normalized spacial score (nSPS) is 15.2. The van der Waals surface area contributed by atoms with Crippen LogP contribution in [0.3, 0.4) is 0 Å². The van der Waals surface area contributed by atoms with Gasteiger partial charge in [-0.05, 0) is 38.1 Å². The lowest BCUT2D eigenvalue weighted by Gasteiger charge is -2.29. The highest BCUT2D eigenvalue weighted by Crippen LogP contribution is 2.35. The number of nitrogens with zero attached hydrogens (tertiary/aromatic N) is 4. The first-order chi connectivity index (χ1) is 16.3. The zero-order chi connectivity index (χ0) is 24.3. The number of hydrogen-bond acceptors (Lipinski definition) is 8. The van der Waals surface area contributed by atoms with E-state index in [1.165, 1.54) is 32.3 Å². The van der Waals surface area contributed by atoms with Crippen LogP contribution in [0.25, 0.3) is 11.1 Å². The van der Waals surface area contributed by atoms with Crippen molar-refractivity contribution in [3.63, 3.8) is 0 Å². The predicted octanol–water partition coefficient (Wildman–Crippen LogP) is 4.34. The standard InChI is InChI=1S/C24H27ClFN5O3/c1-24(2,26)20-11-15(4-5-27-20)22(32)30-17-12-18(21(25)28-14-17)16-10-19(23(33-3)29-13-16)31-6-8-34-9-7-31/h4-5,10-14,22,30,32H,6-9H2,1-3H3. The fourth-order valence-electron chi connectivity index (χ4n) is 3.69. The lowest BCUT2D eigenvalue weighted by atomic mass is 10.0. The third-order valence-electron chi connectivity index (χ3n) is 5.54. The van der Waals surface area contributed by atoms with Crippen molar-refractivity contribution in [3.8, 4) is 17.0 Å². The number of rotatable bonds is 7. The second-order valence-electron chi connectivity index (χ2n) is 8.41. The van der Waals surface area contributed by atoms with E-state index in [0.29, 0.717) is 41.1 Å². The lowest BCUT2D eigenvalue weighted by molar-refractivity contribution is 0.122. The van der Waals surface area contributed by atoms with Crippen molar-refractivity contribution in [1.29, 1.82) is 0 Å². The molecule has 0 aliphatic carbocycles. The molecule has 0 aromatic carbocycles. The van der Waals surface area contributed by atoms with Crippen LogP contribution in [0.5, 0.6) is 5.88 Å². The lowest BCUT2D eigenvalue weighted by Crippen LogP contribution is -2.36. The zero-order valence-corrected chi connectivity index (χ0v) is 20.0. The Morgan fingerprint density at radius 3 is 2.65 bits per heavy atom. The molecule has 1 fully saturated rings. The summed E-state index contributed by atoms with van der Waals surface area (Å²) in [6.07, 6.45) is 3.57. The molecule has 4 rings (SSSR count). The molecule has 34 heavy (non-hydrogen) atoms. The van der Waals surface area contributed by atoms with Gasteiger partial charge in [0.25, 0.3) is 0 Å². The van der Waals surface area contributed by atoms with Crippen molar-refractivity contribution in [2.24, 2.45) is 0 Å². The van der Waals surface area contributed by atoms with Gasteiger partial charge >= 0.3 is 0 Å². The number of alkyl halides is 1. The highest BCUT2D eigenvalue weighted by molar-refractivity contribution is 6.32. The summed E-state index contributed by atoms with van der Waals surface area (Å²) in [4.78, 5) is 14.9. The number of morpholine rings is 1. The van der Waals surface area contributed by atoms with Crippen molar-refractivity contribution in [1.82, 2.24) is 15.0 Å². The SMILES string of the molecule is COc1ncc(-c2cc(NC(O)c3ccnc(C(C)(C)F)c3)cnc2Cl)cc1N1CCOCC1. The topological polar surface area (TPSA) is 92.6 Å². The van der Waals surface area contributed by atoms with Crippen molar-refractivity contribution in [3.05, 3.63) is 59.3 Å². The number of ether oxygens (including phenoxy) is 2. The molecule has 3 aromatic heterocycles. The highest BCUT2D eigenvalue weighted by atomic mass is 35.5. The van der Waals surface area contributed by atoms with Gasteiger partial charge in [-0.2, -0.15) is 0 Å². The quantitative estimate of drug-likeness (QED) is 0.375. The summed E-state index contributed by atoms with van der Waals surface area (Å²) in [5.41, 5.74) is 1.87. The van der Waals surface area contributed by atoms with Gasteiger partial charge in [-0.1, -0.05) is 11.6 Å². The molecule has 0 radical (unpaired) electrons. The molecule has 1 unspecified atom stereocenters. The molecule has 8 nitrogen and oxygen atoms in total. The van der Waals surface area contributed by atoms with Crippen LogP contribution in [0.1, 0.15) is 31.3 Å². The predicted molar refractivity (Wildman–Crippen MR) is 129 cm³/mol. The maximum atomic E-state index is 14.3. The van der Waals surface area contributed by atoms with E-state index in [1.54, 1.807) is 25.4 Å². The van der Waals surface area contributed by atoms with Crippen LogP contribution in [-0.2, 0) is 10.4 Å². The number of halogens is 2. The molecule has 1 atom stereocenters. The maximum absolute atomic E-state index is 14.3. The molecule has 1 aliphatic heterocycles. The summed E-state index contributed by atoms with van der Waals surface area (Å²) >= 11 is 6.42. The van der Waals surface area contributed by atoms with E-state index >= 15 is 0 Å². The molecule has 0 spiro atoms. The molecular weight excluding hydrogens is 461 g/mol. The summed E-state index contributed by atoms with van der Waals surface area (Å²) in [5, 5.41) is 14.0. The molecule has 0 bridgehead atoms. The fraction of sp³-hybridized carbons (Fsp3) is 0.375. The van der Waals surface area contributed by atoms with Crippen LogP contribution in [0.15, 0.2) is 42.9 Å². The minimum Gasteiger partial charge on any atom is -0.480 e. The van der Waals surface area contributed by atoms with E-state index in [-0.39, 0.29) is 5.69 Å². The van der Waals surface area contributed by atoms with Crippen LogP contribution in [0, 0.1) is 0 Å². The van der Waals surface area contributed by atoms with Crippen LogP contribution in [0.2, 0.25) is 5.15 Å². The summed E-state index contributed by atoms with van der Waals surface area (Å²) in [6.45, 7) is 5.55. The van der Waals surface area contributed by atoms with Gasteiger partial charge in [-0.15, -0.1) is 0 Å². The molecule has 180 valence electrons. The highest BCUT2D eigenvalue weighted by Gasteiger charge is 2.22. The first-order valence-corrected chi connectivity index (χ1v) is 11.3. The summed E-state index contributed by atoms with van der Waals surface area (Å²) in [6, 6.07) is 6.90. The number of nitrogens with one attached hydrogen (secondary N) is 1. The largest absolute Gasteiger partial charge is 0.480 e. The monoisotopic (exact) mass is 487 g/mol. The van der Waals surface area contributed by atoms with Gasteiger partial charge < -0.3 is 24.8 Å². The van der Waals surface area contributed by atoms with Crippen molar-refractivity contribution in [2.75, 3.05) is 43.6 Å². The minimum absolute atomic E-state index is 0.237. The summed E-state index contributed by atoms with van der Waals surface area (Å²) in [5.74, 6) is 0.517. The van der Waals surface area contributed by atoms with E-state index in [4.69, 9.17) is 21.1 Å². The maximum Gasteiger partial charge on any atom is 0.237 e. The van der Waals surface area contributed by atoms with E-state index in [1.807, 2.05) is 6.07 Å². The van der Waals surface area contributed by atoms with Crippen LogP contribution >= 0.6 is 11.6 Å². The molecule has 1 aliphatic rings. The number of methoxy groups -OCH3 is 1. The van der Waals surface area contributed by atoms with Crippen molar-refractivity contribution < 1.29 is 19.0 Å². The Hall–Kier alpha value is -3.01. The minimum atomic E-state index is -1.62. The van der Waals surface area contributed by atoms with Gasteiger partial charge in [0.05, 0.1) is 37.9 Å². The Bertz CT molecular complexity index is 1150. The summed E-state index contributed by atoms with van der Waals surface area (Å²) < 4.78 is 25.2. The van der Waals surface area contributed by atoms with E-state index in [9.17, 15) is 9.50 Å². The van der Waals surface area contributed by atoms with E-state index in [0.717, 1.165) is 24.3 Å². The molecule has 10 heteroatoms. The third-order valence-corrected chi connectivity index (χ3v) is 5.84. The van der Waals surface area contributed by atoms with E-state index < -0.39 is 11.9 Å². The number of aliphatic hydroxyl groups excluding tert-OH is 1. The molecule has 0 amide bonds. The fourth-order valence-corrected chi connectivity index (χ4v) is 3.90. The Balaban J connectivity index is 1.61. The smallest absolute Gasteiger partial charge is 0.237 e. The van der Waals surface area contributed by atoms with Gasteiger partial charge in [-0.25, -0.2) is 14.4 Å². The molecule has 0 saturated carbocycles. The molecule has 1 saturated heterocycles. The van der Waals surface area contributed by atoms with E-state index in [2.05, 4.69) is 25.2 Å². The molecule has 2 N–H and O–H groups in total. The molecule has 4 heterocycles. The van der Waals surface area contributed by atoms with Crippen molar-refractivity contribution >= 4 is 23.0 Å². The Morgan fingerprint density at radius 2 is 1.94 bits per heavy atom. The van der Waals surface area contributed by atoms with Gasteiger partial charge in [0.1, 0.15) is 16.5 Å². The van der Waals surface area contributed by atoms with Gasteiger partial charge in [0.2, 0.25) is 5.88 Å². The van der Waals surface area contributed by atoms with Crippen LogP contribution < -0.4 is 15.0 Å². The van der Waals surface area contributed by atoms with Gasteiger partial charge in [0, 0.05) is 42.2 Å². The van der Waals surface area contributed by atoms with Crippen LogP contribution in [-0.4, -0.2) is 53.5 Å². The Kier molecular flexibility index (Phi) is 7.16. The zero-order valence-electron chi connectivity index (χ0n) is 19.3. The van der Waals surface area contributed by atoms with Crippen LogP contribution in [0.4, 0.5) is 15.8 Å². The Morgan fingerprint density at radius 1 is 1.18 bits per heavy atom. The average molecular weight is 488 g/mol. The summed E-state index contributed by atoms with van der Waals surface area (Å²) in [7, 11) is 1.58. The first kappa shape index (κ1) is 24.1. The number of hydrogen-bond donors (Lipinski definition) is 2. The van der Waals surface area contributed by atoms with Gasteiger partial charge in [0.15, 0.2) is 6.23 Å². The molecular formula is C24H27ClFN5O3. The third kappa shape index (κ3) is 5.38. The van der Waals surface area contributed by atoms with Gasteiger partial charge in [-0.3, -0.25) is 4.98 Å². The number of aliphatic hydroxyl groups is 1. The van der Waals surface area contributed by atoms with Crippen molar-refractivity contribution in [2.45, 2.75) is 25.7 Å². The number of pyridine rings is 3. The number of anilines is 2. The second-order valence-corrected chi connectivity index (χ2v) is 8.77. The Labute approximate surface area is 202 Å².